The monoisotopic (exact) mass is 699 g/mol. The SMILES string of the molecule is CC[C@@H](C)NC(=O)[C@@H](Cc1ccccc1)N(Cc1ccc(Cl)cc1)C(=O)CN(c1cccc(Cl)c1Cl)S(=O)(=O)c1ccc(C)cc1. The molecule has 0 saturated heterocycles. The lowest BCUT2D eigenvalue weighted by molar-refractivity contribution is -0.140. The first-order valence-electron chi connectivity index (χ1n) is 14.8. The molecule has 11 heteroatoms. The number of rotatable bonds is 13. The van der Waals surface area contributed by atoms with E-state index in [9.17, 15) is 18.0 Å². The van der Waals surface area contributed by atoms with Gasteiger partial charge in [0.15, 0.2) is 0 Å². The van der Waals surface area contributed by atoms with E-state index in [2.05, 4.69) is 5.32 Å². The second kappa shape index (κ2) is 15.8. The van der Waals surface area contributed by atoms with Crippen molar-refractivity contribution >= 4 is 62.3 Å². The summed E-state index contributed by atoms with van der Waals surface area (Å²) >= 11 is 19.0. The number of carbonyl (C=O) groups excluding carboxylic acids is 2. The second-order valence-corrected chi connectivity index (χ2v) is 14.2. The van der Waals surface area contributed by atoms with Crippen LogP contribution in [0.4, 0.5) is 5.69 Å². The van der Waals surface area contributed by atoms with Crippen LogP contribution in [0.15, 0.2) is 102 Å². The fourth-order valence-corrected chi connectivity index (χ4v) is 6.82. The van der Waals surface area contributed by atoms with Gasteiger partial charge in [-0.05, 0) is 67.8 Å². The highest BCUT2D eigenvalue weighted by molar-refractivity contribution is 7.92. The standard InChI is InChI=1S/C35H36Cl3N3O4S/c1-4-25(3)39-35(43)32(21-26-9-6-5-7-10-26)40(22-27-15-17-28(36)18-16-27)33(42)23-41(31-12-8-11-30(37)34(31)38)46(44,45)29-19-13-24(2)14-20-29/h5-20,25,32H,4,21-23H2,1-3H3,(H,39,43)/t25-,32-/m1/s1. The van der Waals surface area contributed by atoms with Gasteiger partial charge in [0.25, 0.3) is 10.0 Å². The molecule has 2 amide bonds. The molecule has 0 spiro atoms. The number of sulfonamides is 1. The van der Waals surface area contributed by atoms with Gasteiger partial charge in [0, 0.05) is 24.0 Å². The molecular formula is C35H36Cl3N3O4S. The Morgan fingerprint density at radius 3 is 2.11 bits per heavy atom. The molecule has 4 rings (SSSR count). The van der Waals surface area contributed by atoms with Crippen molar-refractivity contribution in [3.8, 4) is 0 Å². The molecule has 0 aliphatic carbocycles. The summed E-state index contributed by atoms with van der Waals surface area (Å²) in [7, 11) is -4.32. The molecule has 0 aliphatic rings. The topological polar surface area (TPSA) is 86.8 Å². The lowest BCUT2D eigenvalue weighted by atomic mass is 10.0. The maximum absolute atomic E-state index is 14.6. The van der Waals surface area contributed by atoms with Crippen molar-refractivity contribution in [2.75, 3.05) is 10.8 Å². The minimum Gasteiger partial charge on any atom is -0.352 e. The maximum atomic E-state index is 14.6. The van der Waals surface area contributed by atoms with Gasteiger partial charge in [0.05, 0.1) is 20.6 Å². The average molecular weight is 701 g/mol. The van der Waals surface area contributed by atoms with Gasteiger partial charge in [0.2, 0.25) is 11.8 Å². The molecule has 0 aromatic heterocycles. The number of nitrogens with one attached hydrogen (secondary N) is 1. The first kappa shape index (κ1) is 35.3. The molecule has 242 valence electrons. The first-order valence-corrected chi connectivity index (χ1v) is 17.4. The van der Waals surface area contributed by atoms with Crippen LogP contribution in [0.1, 0.15) is 37.0 Å². The molecule has 0 unspecified atom stereocenters. The van der Waals surface area contributed by atoms with Crippen molar-refractivity contribution in [1.82, 2.24) is 10.2 Å². The molecule has 0 saturated carbocycles. The number of aryl methyl sites for hydroxylation is 1. The minimum absolute atomic E-state index is 0.0170. The van der Waals surface area contributed by atoms with E-state index in [0.29, 0.717) is 17.0 Å². The number of hydrogen-bond acceptors (Lipinski definition) is 4. The number of amides is 2. The van der Waals surface area contributed by atoms with Crippen molar-refractivity contribution in [2.45, 2.75) is 57.1 Å². The minimum atomic E-state index is -4.32. The van der Waals surface area contributed by atoms with Crippen LogP contribution in [-0.4, -0.2) is 43.8 Å². The zero-order chi connectivity index (χ0) is 33.4. The summed E-state index contributed by atoms with van der Waals surface area (Å²) in [5.74, 6) is -0.962. The van der Waals surface area contributed by atoms with Crippen LogP contribution in [0, 0.1) is 6.92 Å². The molecule has 4 aromatic carbocycles. The number of benzene rings is 4. The molecule has 2 atom stereocenters. The number of hydrogen-bond donors (Lipinski definition) is 1. The molecule has 0 aliphatic heterocycles. The number of carbonyl (C=O) groups is 2. The zero-order valence-electron chi connectivity index (χ0n) is 25.8. The summed E-state index contributed by atoms with van der Waals surface area (Å²) in [6, 6.07) is 26.1. The highest BCUT2D eigenvalue weighted by Gasteiger charge is 2.35. The molecule has 4 aromatic rings. The Morgan fingerprint density at radius 2 is 1.48 bits per heavy atom. The molecule has 0 fully saturated rings. The van der Waals surface area contributed by atoms with Crippen LogP contribution in [0.2, 0.25) is 15.1 Å². The third kappa shape index (κ3) is 8.82. The summed E-state index contributed by atoms with van der Waals surface area (Å²) in [6.07, 6.45) is 0.885. The van der Waals surface area contributed by atoms with E-state index in [4.69, 9.17) is 34.8 Å². The molecular weight excluding hydrogens is 665 g/mol. The first-order chi connectivity index (χ1) is 21.9. The smallest absolute Gasteiger partial charge is 0.264 e. The van der Waals surface area contributed by atoms with Gasteiger partial charge in [-0.15, -0.1) is 0 Å². The number of nitrogens with zero attached hydrogens (tertiary/aromatic N) is 2. The Kier molecular flexibility index (Phi) is 12.1. The average Bonchev–Trinajstić information content (AvgIpc) is 3.04. The third-order valence-electron chi connectivity index (χ3n) is 7.63. The molecule has 1 N–H and O–H groups in total. The molecule has 0 bridgehead atoms. The molecule has 46 heavy (non-hydrogen) atoms. The van der Waals surface area contributed by atoms with Crippen molar-refractivity contribution in [1.29, 1.82) is 0 Å². The lowest BCUT2D eigenvalue weighted by Crippen LogP contribution is -2.54. The van der Waals surface area contributed by atoms with Gasteiger partial charge in [-0.3, -0.25) is 13.9 Å². The largest absolute Gasteiger partial charge is 0.352 e. The van der Waals surface area contributed by atoms with E-state index in [-0.39, 0.29) is 45.5 Å². The number of halogens is 3. The van der Waals surface area contributed by atoms with Gasteiger partial charge >= 0.3 is 0 Å². The Bertz CT molecular complexity index is 1750. The second-order valence-electron chi connectivity index (χ2n) is 11.1. The van der Waals surface area contributed by atoms with E-state index in [0.717, 1.165) is 15.4 Å². The zero-order valence-corrected chi connectivity index (χ0v) is 28.9. The van der Waals surface area contributed by atoms with Crippen molar-refractivity contribution in [2.24, 2.45) is 0 Å². The van der Waals surface area contributed by atoms with Crippen molar-refractivity contribution in [3.05, 3.63) is 129 Å². The van der Waals surface area contributed by atoms with Gasteiger partial charge < -0.3 is 10.2 Å². The van der Waals surface area contributed by atoms with Crippen LogP contribution in [0.25, 0.3) is 0 Å². The highest BCUT2D eigenvalue weighted by atomic mass is 35.5. The van der Waals surface area contributed by atoms with Crippen LogP contribution in [-0.2, 0) is 32.6 Å². The highest BCUT2D eigenvalue weighted by Crippen LogP contribution is 2.35. The normalized spacial score (nSPS) is 12.7. The Morgan fingerprint density at radius 1 is 0.826 bits per heavy atom. The lowest BCUT2D eigenvalue weighted by Gasteiger charge is -2.34. The fourth-order valence-electron chi connectivity index (χ4n) is 4.82. The summed E-state index contributed by atoms with van der Waals surface area (Å²) in [5, 5.41) is 3.64. The van der Waals surface area contributed by atoms with Crippen LogP contribution >= 0.6 is 34.8 Å². The predicted molar refractivity (Wildman–Crippen MR) is 186 cm³/mol. The van der Waals surface area contributed by atoms with Gasteiger partial charge in [0.1, 0.15) is 12.6 Å². The summed E-state index contributed by atoms with van der Waals surface area (Å²) in [5.41, 5.74) is 2.45. The Labute approximate surface area is 286 Å². The number of anilines is 1. The summed E-state index contributed by atoms with van der Waals surface area (Å²) < 4.78 is 29.4. The van der Waals surface area contributed by atoms with E-state index in [1.165, 1.54) is 29.2 Å². The van der Waals surface area contributed by atoms with E-state index in [1.54, 1.807) is 42.5 Å². The molecule has 0 heterocycles. The summed E-state index contributed by atoms with van der Waals surface area (Å²) in [6.45, 7) is 5.06. The fraction of sp³-hybridized carbons (Fsp3) is 0.257. The van der Waals surface area contributed by atoms with Gasteiger partial charge in [-0.2, -0.15) is 0 Å². The van der Waals surface area contributed by atoms with Crippen LogP contribution in [0.3, 0.4) is 0 Å². The molecule has 7 nitrogen and oxygen atoms in total. The molecule has 0 radical (unpaired) electrons. The maximum Gasteiger partial charge on any atom is 0.264 e. The van der Waals surface area contributed by atoms with Crippen LogP contribution < -0.4 is 9.62 Å². The van der Waals surface area contributed by atoms with E-state index >= 15 is 0 Å². The third-order valence-corrected chi connectivity index (χ3v) is 10.5. The van der Waals surface area contributed by atoms with Crippen LogP contribution in [0.5, 0.6) is 0 Å². The van der Waals surface area contributed by atoms with E-state index < -0.39 is 28.5 Å². The van der Waals surface area contributed by atoms with Crippen molar-refractivity contribution < 1.29 is 18.0 Å². The summed E-state index contributed by atoms with van der Waals surface area (Å²) in [4.78, 5) is 29.9. The van der Waals surface area contributed by atoms with Crippen molar-refractivity contribution in [3.63, 3.8) is 0 Å². The van der Waals surface area contributed by atoms with E-state index in [1.807, 2.05) is 51.1 Å². The Balaban J connectivity index is 1.83. The Hall–Kier alpha value is -3.56. The quantitative estimate of drug-likeness (QED) is 0.155. The van der Waals surface area contributed by atoms with Gasteiger partial charge in [-0.25, -0.2) is 8.42 Å². The predicted octanol–water partition coefficient (Wildman–Crippen LogP) is 7.71. The van der Waals surface area contributed by atoms with Gasteiger partial charge in [-0.1, -0.05) is 108 Å².